The van der Waals surface area contributed by atoms with Crippen molar-refractivity contribution in [3.63, 3.8) is 0 Å². The van der Waals surface area contributed by atoms with Gasteiger partial charge < -0.3 is 14.8 Å². The van der Waals surface area contributed by atoms with Crippen LogP contribution in [0.2, 0.25) is 0 Å². The summed E-state index contributed by atoms with van der Waals surface area (Å²) < 4.78 is 10.5. The average Bonchev–Trinajstić information content (AvgIpc) is 2.54. The van der Waals surface area contributed by atoms with Gasteiger partial charge in [0.15, 0.2) is 0 Å². The lowest BCUT2D eigenvalue weighted by Gasteiger charge is -2.21. The van der Waals surface area contributed by atoms with Crippen molar-refractivity contribution >= 4 is 0 Å². The van der Waals surface area contributed by atoms with Crippen LogP contribution in [0.4, 0.5) is 0 Å². The van der Waals surface area contributed by atoms with E-state index in [0.717, 1.165) is 11.5 Å². The fraction of sp³-hybridized carbons (Fsp3) is 0.333. The molecule has 0 saturated carbocycles. The molecule has 1 N–H and O–H groups in total. The smallest absolute Gasteiger partial charge is 0.119 e. The first kappa shape index (κ1) is 15.4. The summed E-state index contributed by atoms with van der Waals surface area (Å²) in [4.78, 5) is 0. The molecule has 0 aliphatic carbocycles. The Bertz CT molecular complexity index is 566. The molecule has 21 heavy (non-hydrogen) atoms. The maximum Gasteiger partial charge on any atom is 0.119 e. The number of methoxy groups -OCH3 is 2. The zero-order valence-electron chi connectivity index (χ0n) is 13.1. The molecule has 0 amide bonds. The van der Waals surface area contributed by atoms with Crippen LogP contribution in [-0.4, -0.2) is 14.2 Å². The van der Waals surface area contributed by atoms with Crippen LogP contribution in [0.15, 0.2) is 48.5 Å². The van der Waals surface area contributed by atoms with Gasteiger partial charge in [0.2, 0.25) is 0 Å². The molecule has 0 radical (unpaired) electrons. The summed E-state index contributed by atoms with van der Waals surface area (Å²) in [5.74, 6) is 1.77. The van der Waals surface area contributed by atoms with E-state index in [2.05, 4.69) is 43.4 Å². The monoisotopic (exact) mass is 285 g/mol. The third-order valence-corrected chi connectivity index (χ3v) is 3.71. The van der Waals surface area contributed by atoms with Gasteiger partial charge >= 0.3 is 0 Å². The van der Waals surface area contributed by atoms with Crippen molar-refractivity contribution in [3.05, 3.63) is 59.7 Å². The standard InChI is InChI=1S/C18H23NO2/c1-13(15-8-10-17(20-3)11-9-15)19-14(2)16-6-5-7-18(12-16)21-4/h5-14,19H,1-4H3/t13-,14?/m0/s1. The van der Waals surface area contributed by atoms with Crippen LogP contribution >= 0.6 is 0 Å². The van der Waals surface area contributed by atoms with E-state index in [1.807, 2.05) is 24.3 Å². The van der Waals surface area contributed by atoms with E-state index in [1.54, 1.807) is 14.2 Å². The molecule has 0 fully saturated rings. The first-order chi connectivity index (χ1) is 10.1. The van der Waals surface area contributed by atoms with Crippen molar-refractivity contribution in [3.8, 4) is 11.5 Å². The van der Waals surface area contributed by atoms with Gasteiger partial charge in [0.1, 0.15) is 11.5 Å². The highest BCUT2D eigenvalue weighted by atomic mass is 16.5. The minimum Gasteiger partial charge on any atom is -0.497 e. The molecule has 3 heteroatoms. The second-order valence-electron chi connectivity index (χ2n) is 5.16. The zero-order valence-corrected chi connectivity index (χ0v) is 13.1. The van der Waals surface area contributed by atoms with Crippen LogP contribution in [0, 0.1) is 0 Å². The quantitative estimate of drug-likeness (QED) is 0.866. The molecule has 0 saturated heterocycles. The minimum atomic E-state index is 0.247. The molecular formula is C18H23NO2. The van der Waals surface area contributed by atoms with Crippen molar-refractivity contribution in [2.24, 2.45) is 0 Å². The lowest BCUT2D eigenvalue weighted by molar-refractivity contribution is 0.412. The number of benzene rings is 2. The van der Waals surface area contributed by atoms with Crippen molar-refractivity contribution in [1.82, 2.24) is 5.32 Å². The SMILES string of the molecule is COc1ccc([C@H](C)NC(C)c2cccc(OC)c2)cc1. The molecule has 2 aromatic carbocycles. The molecule has 2 aromatic rings. The van der Waals surface area contributed by atoms with Crippen LogP contribution < -0.4 is 14.8 Å². The van der Waals surface area contributed by atoms with Gasteiger partial charge in [0, 0.05) is 12.1 Å². The summed E-state index contributed by atoms with van der Waals surface area (Å²) in [5, 5.41) is 3.60. The highest BCUT2D eigenvalue weighted by Gasteiger charge is 2.11. The fourth-order valence-electron chi connectivity index (χ4n) is 2.37. The van der Waals surface area contributed by atoms with Gasteiger partial charge in [0.25, 0.3) is 0 Å². The average molecular weight is 285 g/mol. The molecule has 2 atom stereocenters. The van der Waals surface area contributed by atoms with E-state index in [9.17, 15) is 0 Å². The molecule has 2 rings (SSSR count). The second-order valence-corrected chi connectivity index (χ2v) is 5.16. The summed E-state index contributed by atoms with van der Waals surface area (Å²) in [7, 11) is 3.37. The van der Waals surface area contributed by atoms with Gasteiger partial charge in [0.05, 0.1) is 14.2 Å². The van der Waals surface area contributed by atoms with Crippen molar-refractivity contribution in [2.45, 2.75) is 25.9 Å². The van der Waals surface area contributed by atoms with Crippen molar-refractivity contribution in [2.75, 3.05) is 14.2 Å². The van der Waals surface area contributed by atoms with E-state index >= 15 is 0 Å². The van der Waals surface area contributed by atoms with E-state index in [4.69, 9.17) is 9.47 Å². The normalized spacial score (nSPS) is 13.5. The van der Waals surface area contributed by atoms with Gasteiger partial charge in [-0.1, -0.05) is 24.3 Å². The van der Waals surface area contributed by atoms with Gasteiger partial charge in [-0.2, -0.15) is 0 Å². The first-order valence-corrected chi connectivity index (χ1v) is 7.18. The molecule has 3 nitrogen and oxygen atoms in total. The molecule has 0 spiro atoms. The third kappa shape index (κ3) is 3.99. The Kier molecular flexibility index (Phi) is 5.23. The third-order valence-electron chi connectivity index (χ3n) is 3.71. The maximum atomic E-state index is 5.28. The van der Waals surface area contributed by atoms with E-state index in [0.29, 0.717) is 0 Å². The van der Waals surface area contributed by atoms with Gasteiger partial charge in [-0.05, 0) is 49.2 Å². The Morgan fingerprint density at radius 3 is 2.00 bits per heavy atom. The van der Waals surface area contributed by atoms with E-state index in [-0.39, 0.29) is 12.1 Å². The molecule has 0 aliphatic heterocycles. The molecule has 0 heterocycles. The van der Waals surface area contributed by atoms with Crippen LogP contribution in [0.25, 0.3) is 0 Å². The Balaban J connectivity index is 2.04. The van der Waals surface area contributed by atoms with Crippen LogP contribution in [0.1, 0.15) is 37.1 Å². The van der Waals surface area contributed by atoms with Gasteiger partial charge in [-0.3, -0.25) is 0 Å². The summed E-state index contributed by atoms with van der Waals surface area (Å²) in [6, 6.07) is 16.8. The van der Waals surface area contributed by atoms with E-state index < -0.39 is 0 Å². The lowest BCUT2D eigenvalue weighted by atomic mass is 10.0. The van der Waals surface area contributed by atoms with E-state index in [1.165, 1.54) is 11.1 Å². The first-order valence-electron chi connectivity index (χ1n) is 7.18. The summed E-state index contributed by atoms with van der Waals surface area (Å²) in [6.45, 7) is 4.33. The molecule has 0 bridgehead atoms. The van der Waals surface area contributed by atoms with Gasteiger partial charge in [-0.25, -0.2) is 0 Å². The minimum absolute atomic E-state index is 0.247. The highest BCUT2D eigenvalue weighted by molar-refractivity contribution is 5.31. The van der Waals surface area contributed by atoms with Crippen molar-refractivity contribution in [1.29, 1.82) is 0 Å². The molecule has 0 aromatic heterocycles. The zero-order chi connectivity index (χ0) is 15.2. The largest absolute Gasteiger partial charge is 0.497 e. The number of ether oxygens (including phenoxy) is 2. The molecular weight excluding hydrogens is 262 g/mol. The summed E-state index contributed by atoms with van der Waals surface area (Å²) in [6.07, 6.45) is 0. The lowest BCUT2D eigenvalue weighted by Crippen LogP contribution is -2.22. The Morgan fingerprint density at radius 2 is 1.38 bits per heavy atom. The van der Waals surface area contributed by atoms with Crippen LogP contribution in [-0.2, 0) is 0 Å². The van der Waals surface area contributed by atoms with Crippen LogP contribution in [0.3, 0.4) is 0 Å². The Morgan fingerprint density at radius 1 is 0.762 bits per heavy atom. The second kappa shape index (κ2) is 7.14. The number of hydrogen-bond donors (Lipinski definition) is 1. The maximum absolute atomic E-state index is 5.28. The molecule has 112 valence electrons. The molecule has 1 unspecified atom stereocenters. The van der Waals surface area contributed by atoms with Gasteiger partial charge in [-0.15, -0.1) is 0 Å². The summed E-state index contributed by atoms with van der Waals surface area (Å²) >= 11 is 0. The Hall–Kier alpha value is -2.00. The topological polar surface area (TPSA) is 30.5 Å². The highest BCUT2D eigenvalue weighted by Crippen LogP contribution is 2.23. The summed E-state index contributed by atoms with van der Waals surface area (Å²) in [5.41, 5.74) is 2.46. The molecule has 0 aliphatic rings. The predicted molar refractivity (Wildman–Crippen MR) is 86.0 cm³/mol. The van der Waals surface area contributed by atoms with Crippen molar-refractivity contribution < 1.29 is 9.47 Å². The number of rotatable bonds is 6. The van der Waals surface area contributed by atoms with Crippen LogP contribution in [0.5, 0.6) is 11.5 Å². The fourth-order valence-corrected chi connectivity index (χ4v) is 2.37. The predicted octanol–water partition coefficient (Wildman–Crippen LogP) is 4.12. The number of hydrogen-bond acceptors (Lipinski definition) is 3. The number of nitrogens with one attached hydrogen (secondary N) is 1. The Labute approximate surface area is 126 Å².